The first-order valence-corrected chi connectivity index (χ1v) is 6.18. The van der Waals surface area contributed by atoms with Crippen LogP contribution in [0.15, 0.2) is 18.2 Å². The van der Waals surface area contributed by atoms with E-state index < -0.39 is 5.97 Å². The summed E-state index contributed by atoms with van der Waals surface area (Å²) in [6.45, 7) is 5.10. The molecule has 18 heavy (non-hydrogen) atoms. The van der Waals surface area contributed by atoms with E-state index in [2.05, 4.69) is 0 Å². The zero-order valence-corrected chi connectivity index (χ0v) is 11.3. The van der Waals surface area contributed by atoms with E-state index in [-0.39, 0.29) is 17.3 Å². The van der Waals surface area contributed by atoms with Gasteiger partial charge in [-0.15, -0.1) is 0 Å². The van der Waals surface area contributed by atoms with Gasteiger partial charge in [-0.2, -0.15) is 0 Å². The minimum atomic E-state index is -0.869. The average Bonchev–Trinajstić information content (AvgIpc) is 2.23. The number of nitrogens with zero attached hydrogens (tertiary/aromatic N) is 1. The fourth-order valence-corrected chi connectivity index (χ4v) is 2.01. The summed E-state index contributed by atoms with van der Waals surface area (Å²) in [5.41, 5.74) is 0.735. The first-order valence-electron chi connectivity index (χ1n) is 5.80. The largest absolute Gasteiger partial charge is 0.506 e. The molecule has 2 N–H and O–H groups in total. The number of carboxylic acid groups (broad SMARTS) is 1. The Kier molecular flexibility index (Phi) is 5.44. The van der Waals surface area contributed by atoms with E-state index in [0.29, 0.717) is 19.0 Å². The molecule has 0 aliphatic carbocycles. The predicted octanol–water partition coefficient (Wildman–Crippen LogP) is 2.59. The van der Waals surface area contributed by atoms with Gasteiger partial charge >= 0.3 is 5.97 Å². The maximum Gasteiger partial charge on any atom is 0.317 e. The standard InChI is InChI=1S/C13H18ClNO3/c1-9(2)6-15(8-12(17)18)7-10-4-3-5-11(16)13(10)14/h3-5,9,16H,6-8H2,1-2H3,(H,17,18). The van der Waals surface area contributed by atoms with Crippen LogP contribution in [0, 0.1) is 5.92 Å². The van der Waals surface area contributed by atoms with E-state index in [4.69, 9.17) is 16.7 Å². The van der Waals surface area contributed by atoms with Crippen LogP contribution in [0.2, 0.25) is 5.02 Å². The Morgan fingerprint density at radius 1 is 1.44 bits per heavy atom. The molecule has 0 aromatic heterocycles. The Morgan fingerprint density at radius 3 is 2.67 bits per heavy atom. The topological polar surface area (TPSA) is 60.8 Å². The zero-order valence-electron chi connectivity index (χ0n) is 10.6. The van der Waals surface area contributed by atoms with Crippen LogP contribution in [0.25, 0.3) is 0 Å². The lowest BCUT2D eigenvalue weighted by atomic mass is 10.1. The highest BCUT2D eigenvalue weighted by molar-refractivity contribution is 6.32. The molecule has 0 radical (unpaired) electrons. The molecule has 0 unspecified atom stereocenters. The number of aromatic hydroxyl groups is 1. The van der Waals surface area contributed by atoms with Crippen LogP contribution in [-0.4, -0.2) is 34.2 Å². The molecule has 0 fully saturated rings. The normalized spacial score (nSPS) is 11.2. The van der Waals surface area contributed by atoms with Gasteiger partial charge in [0.05, 0.1) is 11.6 Å². The van der Waals surface area contributed by atoms with E-state index in [1.165, 1.54) is 6.07 Å². The summed E-state index contributed by atoms with van der Waals surface area (Å²) in [5.74, 6) is -0.485. The molecular weight excluding hydrogens is 254 g/mol. The van der Waals surface area contributed by atoms with E-state index >= 15 is 0 Å². The molecule has 1 rings (SSSR count). The molecular formula is C13H18ClNO3. The van der Waals surface area contributed by atoms with Gasteiger partial charge < -0.3 is 10.2 Å². The molecule has 5 heteroatoms. The molecule has 4 nitrogen and oxygen atoms in total. The SMILES string of the molecule is CC(C)CN(CC(=O)O)Cc1cccc(O)c1Cl. The maximum atomic E-state index is 10.8. The van der Waals surface area contributed by atoms with Crippen molar-refractivity contribution in [3.05, 3.63) is 28.8 Å². The molecule has 0 spiro atoms. The number of phenolic OH excluding ortho intramolecular Hbond substituents is 1. The van der Waals surface area contributed by atoms with Crippen molar-refractivity contribution in [2.75, 3.05) is 13.1 Å². The van der Waals surface area contributed by atoms with E-state index in [1.807, 2.05) is 13.8 Å². The van der Waals surface area contributed by atoms with Crippen molar-refractivity contribution in [1.82, 2.24) is 4.90 Å². The smallest absolute Gasteiger partial charge is 0.317 e. The summed E-state index contributed by atoms with van der Waals surface area (Å²) >= 11 is 5.99. The van der Waals surface area contributed by atoms with Crippen molar-refractivity contribution in [3.63, 3.8) is 0 Å². The Balaban J connectivity index is 2.81. The molecule has 0 amide bonds. The predicted molar refractivity (Wildman–Crippen MR) is 70.9 cm³/mol. The first-order chi connectivity index (χ1) is 8.40. The molecule has 0 aliphatic rings. The van der Waals surface area contributed by atoms with Crippen molar-refractivity contribution in [1.29, 1.82) is 0 Å². The first kappa shape index (κ1) is 14.8. The summed E-state index contributed by atoms with van der Waals surface area (Å²) in [4.78, 5) is 12.6. The number of hydrogen-bond donors (Lipinski definition) is 2. The molecule has 0 heterocycles. The summed E-state index contributed by atoms with van der Waals surface area (Å²) < 4.78 is 0. The highest BCUT2D eigenvalue weighted by atomic mass is 35.5. The lowest BCUT2D eigenvalue weighted by Crippen LogP contribution is -2.32. The van der Waals surface area contributed by atoms with Gasteiger partial charge in [0.2, 0.25) is 0 Å². The van der Waals surface area contributed by atoms with Crippen LogP contribution >= 0.6 is 11.6 Å². The highest BCUT2D eigenvalue weighted by Gasteiger charge is 2.14. The van der Waals surface area contributed by atoms with Crippen LogP contribution in [0.1, 0.15) is 19.4 Å². The van der Waals surface area contributed by atoms with Gasteiger partial charge in [-0.25, -0.2) is 0 Å². The van der Waals surface area contributed by atoms with Crippen LogP contribution < -0.4 is 0 Å². The Labute approximate surface area is 112 Å². The van der Waals surface area contributed by atoms with Gasteiger partial charge in [0.25, 0.3) is 0 Å². The molecule has 0 saturated carbocycles. The minimum Gasteiger partial charge on any atom is -0.506 e. The molecule has 0 bridgehead atoms. The number of carbonyl (C=O) groups is 1. The molecule has 1 aromatic carbocycles. The van der Waals surface area contributed by atoms with Crippen LogP contribution in [0.5, 0.6) is 5.75 Å². The number of halogens is 1. The Hall–Kier alpha value is -1.26. The van der Waals surface area contributed by atoms with Crippen molar-refractivity contribution in [2.24, 2.45) is 5.92 Å². The van der Waals surface area contributed by atoms with Gasteiger partial charge in [-0.1, -0.05) is 37.6 Å². The van der Waals surface area contributed by atoms with Crippen molar-refractivity contribution < 1.29 is 15.0 Å². The number of aliphatic carboxylic acids is 1. The Morgan fingerprint density at radius 2 is 2.11 bits per heavy atom. The summed E-state index contributed by atoms with van der Waals surface area (Å²) in [6, 6.07) is 5.00. The number of phenols is 1. The van der Waals surface area contributed by atoms with Gasteiger partial charge in [0.15, 0.2) is 0 Å². The van der Waals surface area contributed by atoms with Crippen molar-refractivity contribution in [2.45, 2.75) is 20.4 Å². The average molecular weight is 272 g/mol. The van der Waals surface area contributed by atoms with E-state index in [1.54, 1.807) is 17.0 Å². The van der Waals surface area contributed by atoms with Crippen molar-refractivity contribution >= 4 is 17.6 Å². The highest BCUT2D eigenvalue weighted by Crippen LogP contribution is 2.27. The summed E-state index contributed by atoms with van der Waals surface area (Å²) in [6.07, 6.45) is 0. The fraction of sp³-hybridized carbons (Fsp3) is 0.462. The quantitative estimate of drug-likeness (QED) is 0.835. The zero-order chi connectivity index (χ0) is 13.7. The number of rotatable bonds is 6. The van der Waals surface area contributed by atoms with Crippen LogP contribution in [0.4, 0.5) is 0 Å². The molecule has 0 aliphatic heterocycles. The second-order valence-corrected chi connectivity index (χ2v) is 5.09. The third kappa shape index (κ3) is 4.55. The van der Waals surface area contributed by atoms with Crippen molar-refractivity contribution in [3.8, 4) is 5.75 Å². The molecule has 100 valence electrons. The summed E-state index contributed by atoms with van der Waals surface area (Å²) in [5, 5.41) is 18.7. The Bertz CT molecular complexity index is 421. The lowest BCUT2D eigenvalue weighted by Gasteiger charge is -2.23. The third-order valence-corrected chi connectivity index (χ3v) is 2.87. The number of carboxylic acids is 1. The fourth-order valence-electron chi connectivity index (χ4n) is 1.82. The number of benzene rings is 1. The maximum absolute atomic E-state index is 10.8. The number of hydrogen-bond acceptors (Lipinski definition) is 3. The van der Waals surface area contributed by atoms with E-state index in [9.17, 15) is 9.90 Å². The van der Waals surface area contributed by atoms with Gasteiger partial charge in [0, 0.05) is 13.1 Å². The lowest BCUT2D eigenvalue weighted by molar-refractivity contribution is -0.138. The molecule has 0 atom stereocenters. The second-order valence-electron chi connectivity index (χ2n) is 4.71. The van der Waals surface area contributed by atoms with Crippen LogP contribution in [-0.2, 0) is 11.3 Å². The summed E-state index contributed by atoms with van der Waals surface area (Å²) in [7, 11) is 0. The second kappa shape index (κ2) is 6.61. The monoisotopic (exact) mass is 271 g/mol. The van der Waals surface area contributed by atoms with E-state index in [0.717, 1.165) is 5.56 Å². The molecule has 0 saturated heterocycles. The van der Waals surface area contributed by atoms with Crippen LogP contribution in [0.3, 0.4) is 0 Å². The minimum absolute atomic E-state index is 0.0222. The van der Waals surface area contributed by atoms with Gasteiger partial charge in [-0.05, 0) is 17.5 Å². The van der Waals surface area contributed by atoms with Gasteiger partial charge in [0.1, 0.15) is 5.75 Å². The van der Waals surface area contributed by atoms with Gasteiger partial charge in [-0.3, -0.25) is 9.69 Å². The molecule has 1 aromatic rings. The third-order valence-electron chi connectivity index (χ3n) is 2.43.